The summed E-state index contributed by atoms with van der Waals surface area (Å²) >= 11 is 0. The van der Waals surface area contributed by atoms with Crippen LogP contribution in [0.1, 0.15) is 22.3 Å². The first-order valence-corrected chi connectivity index (χ1v) is 17.4. The van der Waals surface area contributed by atoms with Gasteiger partial charge in [-0.2, -0.15) is 0 Å². The van der Waals surface area contributed by atoms with Gasteiger partial charge in [0.1, 0.15) is 22.9 Å². The van der Waals surface area contributed by atoms with Crippen LogP contribution < -0.4 is 30.7 Å². The Bertz CT molecular complexity index is 2080. The molecule has 0 spiro atoms. The van der Waals surface area contributed by atoms with E-state index in [9.17, 15) is 0 Å². The Morgan fingerprint density at radius 3 is 0.904 bits per heavy atom. The molecule has 0 fully saturated rings. The van der Waals surface area contributed by atoms with Gasteiger partial charge >= 0.3 is 0 Å². The fourth-order valence-electron chi connectivity index (χ4n) is 5.68. The molecular weight excluding hydrogens is 641 g/mol. The number of nitrogens with one attached hydrogen (secondary N) is 4. The molecule has 0 saturated carbocycles. The molecule has 0 saturated heterocycles. The van der Waals surface area contributed by atoms with E-state index in [1.807, 2.05) is 60.7 Å². The van der Waals surface area contributed by atoms with E-state index in [-0.39, 0.29) is 0 Å². The highest BCUT2D eigenvalue weighted by Crippen LogP contribution is 2.42. The molecule has 0 radical (unpaired) electrons. The monoisotopic (exact) mass is 682 g/mol. The molecule has 0 unspecified atom stereocenters. The molecular formula is C46H42N4O2. The van der Waals surface area contributed by atoms with Crippen LogP contribution >= 0.6 is 0 Å². The van der Waals surface area contributed by atoms with Gasteiger partial charge in [-0.1, -0.05) is 82.9 Å². The number of ether oxygens (including phenoxy) is 2. The summed E-state index contributed by atoms with van der Waals surface area (Å²) in [6.07, 6.45) is 0. The van der Waals surface area contributed by atoms with Gasteiger partial charge in [0.25, 0.3) is 0 Å². The van der Waals surface area contributed by atoms with E-state index >= 15 is 0 Å². The molecule has 0 bridgehead atoms. The maximum Gasteiger partial charge on any atom is 0.153 e. The van der Waals surface area contributed by atoms with Crippen molar-refractivity contribution in [1.82, 2.24) is 0 Å². The van der Waals surface area contributed by atoms with Gasteiger partial charge in [-0.25, -0.2) is 0 Å². The van der Waals surface area contributed by atoms with Crippen molar-refractivity contribution in [3.05, 3.63) is 180 Å². The first kappa shape index (κ1) is 33.8. The van der Waals surface area contributed by atoms with Crippen LogP contribution in [0.4, 0.5) is 45.5 Å². The highest BCUT2D eigenvalue weighted by Gasteiger charge is 2.15. The van der Waals surface area contributed by atoms with E-state index in [2.05, 4.69) is 146 Å². The lowest BCUT2D eigenvalue weighted by Crippen LogP contribution is -2.01. The highest BCUT2D eigenvalue weighted by molar-refractivity contribution is 5.85. The molecule has 7 rings (SSSR count). The normalized spacial score (nSPS) is 10.7. The molecule has 0 aliphatic heterocycles. The number of para-hydroxylation sites is 2. The molecule has 0 heterocycles. The first-order chi connectivity index (χ1) is 25.3. The van der Waals surface area contributed by atoms with E-state index in [1.54, 1.807) is 0 Å². The molecule has 0 atom stereocenters. The Balaban J connectivity index is 1.15. The summed E-state index contributed by atoms with van der Waals surface area (Å²) in [6.45, 7) is 8.33. The predicted molar refractivity (Wildman–Crippen MR) is 217 cm³/mol. The van der Waals surface area contributed by atoms with Crippen LogP contribution in [0.25, 0.3) is 0 Å². The quantitative estimate of drug-likeness (QED) is 0.103. The number of benzene rings is 7. The zero-order chi connectivity index (χ0) is 35.9. The van der Waals surface area contributed by atoms with Crippen molar-refractivity contribution in [3.63, 3.8) is 0 Å². The second kappa shape index (κ2) is 15.5. The Morgan fingerprint density at radius 2 is 0.596 bits per heavy atom. The van der Waals surface area contributed by atoms with Crippen molar-refractivity contribution in [2.45, 2.75) is 27.7 Å². The van der Waals surface area contributed by atoms with Crippen LogP contribution in [0, 0.1) is 27.7 Å². The number of anilines is 8. The summed E-state index contributed by atoms with van der Waals surface area (Å²) in [7, 11) is 0. The molecule has 0 amide bonds. The maximum atomic E-state index is 6.53. The van der Waals surface area contributed by atoms with E-state index in [0.29, 0.717) is 23.0 Å². The molecule has 6 nitrogen and oxygen atoms in total. The zero-order valence-corrected chi connectivity index (χ0v) is 29.8. The molecule has 0 aliphatic rings. The van der Waals surface area contributed by atoms with E-state index < -0.39 is 0 Å². The van der Waals surface area contributed by atoms with Crippen LogP contribution in [0.15, 0.2) is 158 Å². The Morgan fingerprint density at radius 1 is 0.308 bits per heavy atom. The third kappa shape index (κ3) is 8.55. The summed E-state index contributed by atoms with van der Waals surface area (Å²) < 4.78 is 13.1. The van der Waals surface area contributed by atoms with Gasteiger partial charge in [0.15, 0.2) is 11.5 Å². The minimum absolute atomic E-state index is 0.680. The molecule has 7 aromatic rings. The Hall–Kier alpha value is -6.66. The fourth-order valence-corrected chi connectivity index (χ4v) is 5.68. The molecule has 6 heteroatoms. The summed E-state index contributed by atoms with van der Waals surface area (Å²) in [4.78, 5) is 0. The van der Waals surface area contributed by atoms with Crippen LogP contribution in [0.5, 0.6) is 23.0 Å². The van der Waals surface area contributed by atoms with Crippen molar-refractivity contribution in [2.75, 3.05) is 21.3 Å². The largest absolute Gasteiger partial charge is 0.455 e. The van der Waals surface area contributed by atoms with E-state index in [4.69, 9.17) is 9.47 Å². The molecule has 4 N–H and O–H groups in total. The predicted octanol–water partition coefficient (Wildman–Crippen LogP) is 13.5. The van der Waals surface area contributed by atoms with Crippen molar-refractivity contribution >= 4 is 45.5 Å². The minimum Gasteiger partial charge on any atom is -0.455 e. The fraction of sp³-hybridized carbons (Fsp3) is 0.0870. The van der Waals surface area contributed by atoms with Crippen molar-refractivity contribution in [2.24, 2.45) is 0 Å². The topological polar surface area (TPSA) is 66.6 Å². The van der Waals surface area contributed by atoms with Gasteiger partial charge < -0.3 is 30.7 Å². The van der Waals surface area contributed by atoms with E-state index in [0.717, 1.165) is 45.5 Å². The summed E-state index contributed by atoms with van der Waals surface area (Å²) in [5.41, 5.74) is 12.2. The van der Waals surface area contributed by atoms with Gasteiger partial charge in [0, 0.05) is 22.7 Å². The third-order valence-electron chi connectivity index (χ3n) is 8.63. The average molecular weight is 683 g/mol. The van der Waals surface area contributed by atoms with Crippen LogP contribution in [-0.4, -0.2) is 0 Å². The van der Waals surface area contributed by atoms with Gasteiger partial charge in [0.2, 0.25) is 0 Å². The van der Waals surface area contributed by atoms with E-state index in [1.165, 1.54) is 22.3 Å². The number of hydrogen-bond acceptors (Lipinski definition) is 6. The Labute approximate surface area is 306 Å². The zero-order valence-electron chi connectivity index (χ0n) is 29.8. The van der Waals surface area contributed by atoms with Gasteiger partial charge in [-0.3, -0.25) is 0 Å². The second-order valence-electron chi connectivity index (χ2n) is 13.0. The van der Waals surface area contributed by atoms with Crippen molar-refractivity contribution < 1.29 is 9.47 Å². The molecule has 0 aliphatic carbocycles. The van der Waals surface area contributed by atoms with Crippen molar-refractivity contribution in [3.8, 4) is 23.0 Å². The minimum atomic E-state index is 0.680. The van der Waals surface area contributed by atoms with Crippen molar-refractivity contribution in [1.29, 1.82) is 0 Å². The van der Waals surface area contributed by atoms with Gasteiger partial charge in [0.05, 0.1) is 11.4 Å². The van der Waals surface area contributed by atoms with Crippen LogP contribution in [0.3, 0.4) is 0 Å². The van der Waals surface area contributed by atoms with Gasteiger partial charge in [-0.15, -0.1) is 0 Å². The lowest BCUT2D eigenvalue weighted by atomic mass is 10.1. The first-order valence-electron chi connectivity index (χ1n) is 17.4. The highest BCUT2D eigenvalue weighted by atomic mass is 16.5. The molecule has 52 heavy (non-hydrogen) atoms. The second-order valence-corrected chi connectivity index (χ2v) is 13.0. The average Bonchev–Trinajstić information content (AvgIpc) is 3.15. The van der Waals surface area contributed by atoms with Crippen LogP contribution in [-0.2, 0) is 0 Å². The SMILES string of the molecule is Cc1ccc(Nc2cccc(Oc3ccc(Oc4cccc(Nc5ccc(C)cc5)c4Nc4ccc(C)cc4)cc3)c2Nc2ccc(C)cc2)cc1. The molecule has 7 aromatic carbocycles. The number of hydrogen-bond donors (Lipinski definition) is 4. The number of rotatable bonds is 12. The lowest BCUT2D eigenvalue weighted by molar-refractivity contribution is 0.471. The lowest BCUT2D eigenvalue weighted by Gasteiger charge is -2.19. The maximum absolute atomic E-state index is 6.53. The standard InChI is InChI=1S/C46H42N4O2/c1-31-11-19-35(20-12-31)47-41-7-5-9-43(45(41)49-37-23-15-33(3)16-24-37)51-39-27-29-40(30-28-39)52-44-10-6-8-42(48-36-21-13-32(2)14-22-36)46(44)50-38-25-17-34(4)18-26-38/h5-30,47-50H,1-4H3. The molecule has 258 valence electrons. The van der Waals surface area contributed by atoms with Gasteiger partial charge in [-0.05, 0) is 125 Å². The smallest absolute Gasteiger partial charge is 0.153 e. The summed E-state index contributed by atoms with van der Waals surface area (Å²) in [5.74, 6) is 2.73. The molecule has 0 aromatic heterocycles. The summed E-state index contributed by atoms with van der Waals surface area (Å²) in [6, 6.07) is 53.0. The number of aryl methyl sites for hydroxylation is 4. The summed E-state index contributed by atoms with van der Waals surface area (Å²) in [5, 5.41) is 14.3. The Kier molecular flexibility index (Phi) is 10.1. The van der Waals surface area contributed by atoms with Crippen LogP contribution in [0.2, 0.25) is 0 Å². The third-order valence-corrected chi connectivity index (χ3v) is 8.63.